The molecule has 0 aliphatic rings. The van der Waals surface area contributed by atoms with Gasteiger partial charge < -0.3 is 0 Å². The van der Waals surface area contributed by atoms with Gasteiger partial charge in [-0.05, 0) is 39.8 Å². The summed E-state index contributed by atoms with van der Waals surface area (Å²) in [5.74, 6) is 0.417. The summed E-state index contributed by atoms with van der Waals surface area (Å²) in [6.07, 6.45) is 1.51. The molecule has 15 heavy (non-hydrogen) atoms. The fraction of sp³-hybridized carbons (Fsp3) is 0.778. The standard InChI is InChI=1S/C9H15N5O/c1-8(2,3)14-12-7(11-13-14)9(4,5)10-6-15/h1-5H3. The Balaban J connectivity index is 3.09. The Bertz CT molecular complexity index is 395. The van der Waals surface area contributed by atoms with Crippen LogP contribution < -0.4 is 0 Å². The topological polar surface area (TPSA) is 73.0 Å². The zero-order chi connectivity index (χ0) is 11.7. The number of hydrogen-bond acceptors (Lipinski definition) is 5. The highest BCUT2D eigenvalue weighted by Gasteiger charge is 2.27. The van der Waals surface area contributed by atoms with Gasteiger partial charge in [-0.1, -0.05) is 0 Å². The van der Waals surface area contributed by atoms with Crippen LogP contribution >= 0.6 is 0 Å². The first-order chi connectivity index (χ1) is 6.77. The van der Waals surface area contributed by atoms with Crippen molar-refractivity contribution < 1.29 is 4.79 Å². The Morgan fingerprint density at radius 2 is 1.87 bits per heavy atom. The molecule has 0 N–H and O–H groups in total. The molecular formula is C9H15N5O. The Morgan fingerprint density at radius 3 is 2.27 bits per heavy atom. The summed E-state index contributed by atoms with van der Waals surface area (Å²) < 4.78 is 0. The van der Waals surface area contributed by atoms with Gasteiger partial charge in [-0.25, -0.2) is 4.79 Å². The van der Waals surface area contributed by atoms with Crippen molar-refractivity contribution in [3.8, 4) is 0 Å². The number of tetrazole rings is 1. The average Bonchev–Trinajstić information content (AvgIpc) is 2.50. The second-order valence-corrected chi connectivity index (χ2v) is 4.84. The Kier molecular flexibility index (Phi) is 2.73. The lowest BCUT2D eigenvalue weighted by Crippen LogP contribution is -2.25. The molecule has 0 bridgehead atoms. The monoisotopic (exact) mass is 209 g/mol. The third kappa shape index (κ3) is 2.47. The molecule has 82 valence electrons. The van der Waals surface area contributed by atoms with Crippen molar-refractivity contribution in [2.24, 2.45) is 4.99 Å². The summed E-state index contributed by atoms with van der Waals surface area (Å²) in [6.45, 7) is 9.38. The first-order valence-corrected chi connectivity index (χ1v) is 4.67. The quantitative estimate of drug-likeness (QED) is 0.538. The Hall–Kier alpha value is -1.55. The molecule has 6 nitrogen and oxygen atoms in total. The van der Waals surface area contributed by atoms with E-state index in [4.69, 9.17) is 0 Å². The maximum Gasteiger partial charge on any atom is 0.235 e. The van der Waals surface area contributed by atoms with E-state index in [9.17, 15) is 4.79 Å². The van der Waals surface area contributed by atoms with Crippen molar-refractivity contribution in [3.63, 3.8) is 0 Å². The molecule has 0 saturated heterocycles. The first kappa shape index (κ1) is 11.5. The molecule has 0 aromatic carbocycles. The van der Waals surface area contributed by atoms with Crippen LogP contribution in [-0.4, -0.2) is 26.3 Å². The lowest BCUT2D eigenvalue weighted by molar-refractivity contribution is 0.303. The maximum atomic E-state index is 10.2. The number of aromatic nitrogens is 4. The molecule has 1 aromatic rings. The molecule has 1 rings (SSSR count). The Morgan fingerprint density at radius 1 is 1.27 bits per heavy atom. The van der Waals surface area contributed by atoms with E-state index in [1.165, 1.54) is 10.9 Å². The average molecular weight is 209 g/mol. The van der Waals surface area contributed by atoms with Gasteiger partial charge in [0.05, 0.1) is 5.54 Å². The summed E-state index contributed by atoms with van der Waals surface area (Å²) in [5.41, 5.74) is -1.00. The molecule has 6 heteroatoms. The van der Waals surface area contributed by atoms with E-state index < -0.39 is 5.54 Å². The van der Waals surface area contributed by atoms with Gasteiger partial charge in [0.25, 0.3) is 0 Å². The fourth-order valence-electron chi connectivity index (χ4n) is 0.907. The van der Waals surface area contributed by atoms with Crippen LogP contribution in [0.15, 0.2) is 4.99 Å². The van der Waals surface area contributed by atoms with Gasteiger partial charge in [-0.2, -0.15) is 9.79 Å². The van der Waals surface area contributed by atoms with Gasteiger partial charge >= 0.3 is 0 Å². The minimum Gasteiger partial charge on any atom is -0.211 e. The van der Waals surface area contributed by atoms with Gasteiger partial charge in [-0.3, -0.25) is 0 Å². The number of nitrogens with zero attached hydrogens (tertiary/aromatic N) is 5. The third-order valence-electron chi connectivity index (χ3n) is 1.89. The van der Waals surface area contributed by atoms with Crippen LogP contribution in [0.25, 0.3) is 0 Å². The smallest absolute Gasteiger partial charge is 0.211 e. The molecular weight excluding hydrogens is 194 g/mol. The molecule has 0 radical (unpaired) electrons. The Labute approximate surface area is 88.4 Å². The predicted molar refractivity (Wildman–Crippen MR) is 54.0 cm³/mol. The zero-order valence-electron chi connectivity index (χ0n) is 9.64. The van der Waals surface area contributed by atoms with E-state index in [2.05, 4.69) is 20.4 Å². The second kappa shape index (κ2) is 3.55. The van der Waals surface area contributed by atoms with Crippen molar-refractivity contribution in [2.75, 3.05) is 0 Å². The van der Waals surface area contributed by atoms with Crippen LogP contribution in [0.5, 0.6) is 0 Å². The second-order valence-electron chi connectivity index (χ2n) is 4.84. The minimum absolute atomic E-state index is 0.230. The summed E-state index contributed by atoms with van der Waals surface area (Å²) in [4.78, 5) is 15.4. The molecule has 0 atom stereocenters. The fourth-order valence-corrected chi connectivity index (χ4v) is 0.907. The van der Waals surface area contributed by atoms with Gasteiger partial charge in [0, 0.05) is 0 Å². The first-order valence-electron chi connectivity index (χ1n) is 4.67. The van der Waals surface area contributed by atoms with Crippen LogP contribution in [0.1, 0.15) is 40.4 Å². The van der Waals surface area contributed by atoms with Crippen LogP contribution in [0.3, 0.4) is 0 Å². The highest BCUT2D eigenvalue weighted by molar-refractivity contribution is 5.35. The summed E-state index contributed by atoms with van der Waals surface area (Å²) >= 11 is 0. The molecule has 0 amide bonds. The van der Waals surface area contributed by atoms with E-state index in [1.54, 1.807) is 13.8 Å². The molecule has 1 heterocycles. The van der Waals surface area contributed by atoms with Crippen LogP contribution in [0, 0.1) is 0 Å². The SMILES string of the molecule is CC(C)(N=C=O)c1nnn(C(C)(C)C)n1. The van der Waals surface area contributed by atoms with E-state index in [-0.39, 0.29) is 5.54 Å². The van der Waals surface area contributed by atoms with Crippen molar-refractivity contribution in [2.45, 2.75) is 45.7 Å². The largest absolute Gasteiger partial charge is 0.235 e. The van der Waals surface area contributed by atoms with E-state index in [0.717, 1.165) is 0 Å². The van der Waals surface area contributed by atoms with Gasteiger partial charge in [0.1, 0.15) is 5.54 Å². The zero-order valence-corrected chi connectivity index (χ0v) is 9.64. The van der Waals surface area contributed by atoms with Crippen LogP contribution in [-0.2, 0) is 15.9 Å². The van der Waals surface area contributed by atoms with Gasteiger partial charge in [0.2, 0.25) is 11.9 Å². The van der Waals surface area contributed by atoms with E-state index in [1.807, 2.05) is 20.8 Å². The number of isocyanates is 1. The maximum absolute atomic E-state index is 10.2. The molecule has 0 unspecified atom stereocenters. The summed E-state index contributed by atoms with van der Waals surface area (Å²) in [6, 6.07) is 0. The minimum atomic E-state index is -0.773. The summed E-state index contributed by atoms with van der Waals surface area (Å²) in [7, 11) is 0. The number of rotatable bonds is 2. The van der Waals surface area contributed by atoms with E-state index in [0.29, 0.717) is 5.82 Å². The van der Waals surface area contributed by atoms with Crippen molar-refractivity contribution in [1.29, 1.82) is 0 Å². The molecule has 0 fully saturated rings. The van der Waals surface area contributed by atoms with Crippen molar-refractivity contribution in [1.82, 2.24) is 20.2 Å². The number of hydrogen-bond donors (Lipinski definition) is 0. The van der Waals surface area contributed by atoms with Crippen molar-refractivity contribution >= 4 is 6.08 Å². The van der Waals surface area contributed by atoms with Crippen molar-refractivity contribution in [3.05, 3.63) is 5.82 Å². The number of carbonyl (C=O) groups excluding carboxylic acids is 1. The predicted octanol–water partition coefficient (Wildman–Crippen LogP) is 0.999. The molecule has 1 aromatic heterocycles. The molecule has 0 aliphatic heterocycles. The summed E-state index contributed by atoms with van der Waals surface area (Å²) in [5, 5.41) is 12.0. The third-order valence-corrected chi connectivity index (χ3v) is 1.89. The van der Waals surface area contributed by atoms with Crippen LogP contribution in [0.4, 0.5) is 0 Å². The molecule has 0 aliphatic carbocycles. The molecule has 0 spiro atoms. The lowest BCUT2D eigenvalue weighted by atomic mass is 10.1. The van der Waals surface area contributed by atoms with Crippen LogP contribution in [0.2, 0.25) is 0 Å². The van der Waals surface area contributed by atoms with E-state index >= 15 is 0 Å². The van der Waals surface area contributed by atoms with Gasteiger partial charge in [0.15, 0.2) is 0 Å². The lowest BCUT2D eigenvalue weighted by Gasteiger charge is -2.16. The highest BCUT2D eigenvalue weighted by Crippen LogP contribution is 2.20. The number of aliphatic imine (C=N–C) groups is 1. The highest BCUT2D eigenvalue weighted by atomic mass is 16.1. The van der Waals surface area contributed by atoms with Gasteiger partial charge in [-0.15, -0.1) is 10.2 Å². The normalized spacial score (nSPS) is 12.3. The molecule has 0 saturated carbocycles.